The van der Waals surface area contributed by atoms with Gasteiger partial charge in [-0.3, -0.25) is 9.89 Å². The Morgan fingerprint density at radius 2 is 1.31 bits per heavy atom. The number of carbonyl (C=O) groups is 2. The molecule has 0 saturated carbocycles. The van der Waals surface area contributed by atoms with Crippen molar-refractivity contribution in [2.75, 3.05) is 10.6 Å². The average Bonchev–Trinajstić information content (AvgIpc) is 3.22. The highest BCUT2D eigenvalue weighted by atomic mass is 19.4. The van der Waals surface area contributed by atoms with Gasteiger partial charge in [-0.15, -0.1) is 0 Å². The van der Waals surface area contributed by atoms with Gasteiger partial charge in [-0.25, -0.2) is 4.79 Å². The normalized spacial score (nSPS) is 12.0. The second-order valence-electron chi connectivity index (χ2n) is 7.84. The van der Waals surface area contributed by atoms with E-state index < -0.39 is 35.2 Å². The van der Waals surface area contributed by atoms with Crippen LogP contribution in [0.3, 0.4) is 0 Å². The highest BCUT2D eigenvalue weighted by molar-refractivity contribution is 6.05. The topological polar surface area (TPSA) is 86.9 Å². The lowest BCUT2D eigenvalue weighted by Gasteiger charge is -2.15. The van der Waals surface area contributed by atoms with Crippen molar-refractivity contribution < 1.29 is 35.9 Å². The molecule has 0 atom stereocenters. The summed E-state index contributed by atoms with van der Waals surface area (Å²) < 4.78 is 78.0. The summed E-state index contributed by atoms with van der Waals surface area (Å²) in [6.07, 6.45) is -10.1. The third-order valence-electron chi connectivity index (χ3n) is 5.22. The van der Waals surface area contributed by atoms with E-state index in [0.717, 1.165) is 11.1 Å². The van der Waals surface area contributed by atoms with Crippen LogP contribution in [-0.4, -0.2) is 22.0 Å². The van der Waals surface area contributed by atoms with Gasteiger partial charge in [0.05, 0.1) is 16.6 Å². The molecule has 2 amide bonds. The number of fused-ring (bicyclic) bond motifs is 1. The van der Waals surface area contributed by atoms with E-state index in [9.17, 15) is 35.9 Å². The number of rotatable bonds is 4. The molecule has 0 spiro atoms. The lowest BCUT2D eigenvalue weighted by molar-refractivity contribution is -0.143. The number of urea groups is 1. The second kappa shape index (κ2) is 9.02. The Kier molecular flexibility index (Phi) is 6.21. The summed E-state index contributed by atoms with van der Waals surface area (Å²) in [6, 6.07) is 11.4. The molecule has 0 radical (unpaired) electrons. The summed E-state index contributed by atoms with van der Waals surface area (Å²) in [5.74, 6) is -0.178. The molecule has 0 unspecified atom stereocenters. The fourth-order valence-corrected chi connectivity index (χ4v) is 3.53. The van der Waals surface area contributed by atoms with Crippen LogP contribution in [0.1, 0.15) is 28.5 Å². The number of anilines is 2. The number of alkyl halides is 6. The molecule has 3 aromatic carbocycles. The molecule has 4 aromatic rings. The number of carbonyl (C=O) groups excluding carboxylic acids is 2. The van der Waals surface area contributed by atoms with Crippen LogP contribution in [0.25, 0.3) is 22.0 Å². The summed E-state index contributed by atoms with van der Waals surface area (Å²) in [5.41, 5.74) is -0.993. The molecule has 0 aliphatic carbocycles. The monoisotopic (exact) mass is 506 g/mol. The van der Waals surface area contributed by atoms with Crippen molar-refractivity contribution in [3.63, 3.8) is 0 Å². The van der Waals surface area contributed by atoms with Crippen molar-refractivity contribution in [2.24, 2.45) is 0 Å². The quantitative estimate of drug-likeness (QED) is 0.204. The minimum Gasteiger partial charge on any atom is -0.308 e. The zero-order chi connectivity index (χ0) is 26.3. The van der Waals surface area contributed by atoms with E-state index in [0.29, 0.717) is 28.7 Å². The van der Waals surface area contributed by atoms with Gasteiger partial charge in [0.15, 0.2) is 5.78 Å². The largest absolute Gasteiger partial charge is 0.416 e. The molecular weight excluding hydrogens is 490 g/mol. The lowest BCUT2D eigenvalue weighted by atomic mass is 10.0. The summed E-state index contributed by atoms with van der Waals surface area (Å²) >= 11 is 0. The molecule has 6 nitrogen and oxygen atoms in total. The number of nitrogens with one attached hydrogen (secondary N) is 3. The average molecular weight is 506 g/mol. The molecule has 36 heavy (non-hydrogen) atoms. The smallest absolute Gasteiger partial charge is 0.308 e. The van der Waals surface area contributed by atoms with Gasteiger partial charge in [-0.1, -0.05) is 18.2 Å². The Labute approximate surface area is 199 Å². The SMILES string of the molecule is CC(=O)c1n[nH]c2cc(-c3ccc(NC(=O)Nc4cc(C(F)(F)F)cc(C(F)(F)F)c4)cc3)ccc12. The van der Waals surface area contributed by atoms with E-state index >= 15 is 0 Å². The highest BCUT2D eigenvalue weighted by Crippen LogP contribution is 2.37. The maximum Gasteiger partial charge on any atom is 0.416 e. The van der Waals surface area contributed by atoms with Crippen molar-refractivity contribution in [3.05, 3.63) is 77.5 Å². The first-order valence-corrected chi connectivity index (χ1v) is 10.3. The molecule has 0 fully saturated rings. The Morgan fingerprint density at radius 1 is 0.750 bits per heavy atom. The number of aromatic amines is 1. The Balaban J connectivity index is 1.50. The van der Waals surface area contributed by atoms with Crippen molar-refractivity contribution in [1.29, 1.82) is 0 Å². The molecule has 12 heteroatoms. The first-order valence-electron chi connectivity index (χ1n) is 10.3. The van der Waals surface area contributed by atoms with Crippen LogP contribution < -0.4 is 10.6 Å². The maximum absolute atomic E-state index is 13.0. The number of hydrogen-bond acceptors (Lipinski definition) is 3. The van der Waals surface area contributed by atoms with Gasteiger partial charge in [0, 0.05) is 23.7 Å². The van der Waals surface area contributed by atoms with Crippen LogP contribution in [-0.2, 0) is 12.4 Å². The number of halogens is 6. The summed E-state index contributed by atoms with van der Waals surface area (Å²) in [6.45, 7) is 1.41. The molecule has 0 aliphatic heterocycles. The van der Waals surface area contributed by atoms with Crippen LogP contribution in [0, 0.1) is 0 Å². The molecule has 3 N–H and O–H groups in total. The van der Waals surface area contributed by atoms with Crippen LogP contribution >= 0.6 is 0 Å². The van der Waals surface area contributed by atoms with Gasteiger partial charge in [0.1, 0.15) is 5.69 Å². The van der Waals surface area contributed by atoms with Gasteiger partial charge in [0.2, 0.25) is 0 Å². The molecule has 0 aliphatic rings. The molecular formula is C24H16F6N4O2. The summed E-state index contributed by atoms with van der Waals surface area (Å²) in [7, 11) is 0. The second-order valence-corrected chi connectivity index (χ2v) is 7.84. The van der Waals surface area contributed by atoms with E-state index in [1.54, 1.807) is 30.3 Å². The number of benzene rings is 3. The first kappa shape index (κ1) is 24.8. The van der Waals surface area contributed by atoms with E-state index in [2.05, 4.69) is 15.5 Å². The maximum atomic E-state index is 13.0. The lowest BCUT2D eigenvalue weighted by Crippen LogP contribution is -2.20. The van der Waals surface area contributed by atoms with Crippen LogP contribution in [0.15, 0.2) is 60.7 Å². The zero-order valence-electron chi connectivity index (χ0n) is 18.3. The third kappa shape index (κ3) is 5.32. The van der Waals surface area contributed by atoms with E-state index in [-0.39, 0.29) is 17.5 Å². The van der Waals surface area contributed by atoms with E-state index in [1.807, 2.05) is 5.32 Å². The fraction of sp³-hybridized carbons (Fsp3) is 0.125. The Bertz CT molecular complexity index is 1420. The predicted octanol–water partition coefficient (Wildman–Crippen LogP) is 7.11. The number of ketones is 1. The number of Topliss-reactive ketones (excluding diaryl/α,β-unsaturated/α-hetero) is 1. The van der Waals surface area contributed by atoms with E-state index in [1.165, 1.54) is 19.1 Å². The minimum atomic E-state index is -5.03. The fourth-order valence-electron chi connectivity index (χ4n) is 3.53. The van der Waals surface area contributed by atoms with Crippen LogP contribution in [0.4, 0.5) is 42.5 Å². The molecule has 1 aromatic heterocycles. The van der Waals surface area contributed by atoms with Gasteiger partial charge in [-0.05, 0) is 53.6 Å². The number of nitrogens with zero attached hydrogens (tertiary/aromatic N) is 1. The first-order chi connectivity index (χ1) is 16.8. The highest BCUT2D eigenvalue weighted by Gasteiger charge is 2.37. The number of amides is 2. The zero-order valence-corrected chi connectivity index (χ0v) is 18.3. The third-order valence-corrected chi connectivity index (χ3v) is 5.22. The Hall–Kier alpha value is -4.35. The molecule has 1 heterocycles. The summed E-state index contributed by atoms with van der Waals surface area (Å²) in [5, 5.41) is 11.8. The predicted molar refractivity (Wildman–Crippen MR) is 121 cm³/mol. The standard InChI is InChI=1S/C24H16F6N4O2/c1-12(35)21-19-7-4-14(8-20(19)33-34-21)13-2-5-17(6-3-13)31-22(36)32-18-10-15(23(25,26)27)9-16(11-18)24(28,29)30/h2-11H,1H3,(H,33,34)(H2,31,32,36). The van der Waals surface area contributed by atoms with Crippen molar-refractivity contribution in [1.82, 2.24) is 10.2 Å². The van der Waals surface area contributed by atoms with Gasteiger partial charge < -0.3 is 10.6 Å². The van der Waals surface area contributed by atoms with Gasteiger partial charge in [0.25, 0.3) is 0 Å². The molecule has 186 valence electrons. The van der Waals surface area contributed by atoms with Crippen LogP contribution in [0.5, 0.6) is 0 Å². The Morgan fingerprint density at radius 3 is 1.86 bits per heavy atom. The summed E-state index contributed by atoms with van der Waals surface area (Å²) in [4.78, 5) is 23.9. The number of aromatic nitrogens is 2. The van der Waals surface area contributed by atoms with Gasteiger partial charge >= 0.3 is 18.4 Å². The van der Waals surface area contributed by atoms with Gasteiger partial charge in [-0.2, -0.15) is 31.4 Å². The van der Waals surface area contributed by atoms with E-state index in [4.69, 9.17) is 0 Å². The number of H-pyrrole nitrogens is 1. The van der Waals surface area contributed by atoms with Crippen molar-refractivity contribution in [3.8, 4) is 11.1 Å². The minimum absolute atomic E-state index is 0.0245. The molecule has 0 saturated heterocycles. The molecule has 0 bridgehead atoms. The van der Waals surface area contributed by atoms with Crippen LogP contribution in [0.2, 0.25) is 0 Å². The van der Waals surface area contributed by atoms with Crippen molar-refractivity contribution >= 4 is 34.1 Å². The molecule has 4 rings (SSSR count). The number of hydrogen-bond donors (Lipinski definition) is 3. The van der Waals surface area contributed by atoms with Crippen molar-refractivity contribution in [2.45, 2.75) is 19.3 Å².